The monoisotopic (exact) mass is 542 g/mol. The van der Waals surface area contributed by atoms with Crippen LogP contribution >= 0.6 is 0 Å². The predicted octanol–water partition coefficient (Wildman–Crippen LogP) is 3.41. The van der Waals surface area contributed by atoms with Crippen LogP contribution in [0.15, 0.2) is 30.5 Å². The molecule has 0 bridgehead atoms. The van der Waals surface area contributed by atoms with Crippen molar-refractivity contribution in [1.29, 1.82) is 0 Å². The topological polar surface area (TPSA) is 127 Å². The number of amides is 3. The van der Waals surface area contributed by atoms with Crippen molar-refractivity contribution in [3.63, 3.8) is 0 Å². The standard InChI is InChI=1S/C30H46N4O5/c1-7-18(2)19(3)26(38-5)16-27(35)34-14-10-13-25(34)28(39-6)20(4)30(37)33-24(29(31)36)15-21-17-32-23-12-9-8-11-22(21)23/h8-9,11-12,17-20,24-26,28,32H,7,10,13-16H2,1-6H3,(H2,31,36)(H,33,37)/t18?,19-,20?,24-,25?,26?,28?/m0/s1. The molecule has 1 aliphatic rings. The number of nitrogens with one attached hydrogen (secondary N) is 2. The number of aromatic amines is 1. The molecule has 9 nitrogen and oxygen atoms in total. The van der Waals surface area contributed by atoms with Gasteiger partial charge in [0.2, 0.25) is 17.7 Å². The first-order valence-corrected chi connectivity index (χ1v) is 14.1. The summed E-state index contributed by atoms with van der Waals surface area (Å²) in [5.74, 6) is -0.830. The van der Waals surface area contributed by atoms with Crippen LogP contribution in [0.5, 0.6) is 0 Å². The third-order valence-corrected chi connectivity index (χ3v) is 8.74. The largest absolute Gasteiger partial charge is 0.381 e. The van der Waals surface area contributed by atoms with Gasteiger partial charge >= 0.3 is 0 Å². The van der Waals surface area contributed by atoms with Crippen LogP contribution in [-0.2, 0) is 30.3 Å². The number of aromatic nitrogens is 1. The molecule has 4 N–H and O–H groups in total. The summed E-state index contributed by atoms with van der Waals surface area (Å²) < 4.78 is 11.6. The average molecular weight is 543 g/mol. The zero-order valence-electron chi connectivity index (χ0n) is 24.2. The highest BCUT2D eigenvalue weighted by Gasteiger charge is 2.41. The molecule has 1 aliphatic heterocycles. The highest BCUT2D eigenvalue weighted by atomic mass is 16.5. The molecule has 0 saturated carbocycles. The first-order chi connectivity index (χ1) is 18.6. The number of ether oxygens (including phenoxy) is 2. The van der Waals surface area contributed by atoms with E-state index in [2.05, 4.69) is 31.1 Å². The number of hydrogen-bond acceptors (Lipinski definition) is 5. The normalized spacial score (nSPS) is 20.3. The Bertz CT molecular complexity index is 1120. The molecule has 0 spiro atoms. The van der Waals surface area contributed by atoms with Gasteiger partial charge < -0.3 is 30.4 Å². The van der Waals surface area contributed by atoms with Gasteiger partial charge in [-0.15, -0.1) is 0 Å². The van der Waals surface area contributed by atoms with Gasteiger partial charge in [0.1, 0.15) is 6.04 Å². The lowest BCUT2D eigenvalue weighted by atomic mass is 9.87. The summed E-state index contributed by atoms with van der Waals surface area (Å²) in [7, 11) is 3.23. The molecule has 7 atom stereocenters. The van der Waals surface area contributed by atoms with Crippen LogP contribution in [-0.4, -0.2) is 72.7 Å². The first-order valence-electron chi connectivity index (χ1n) is 14.1. The number of likely N-dealkylation sites (tertiary alicyclic amines) is 1. The Morgan fingerprint density at radius 3 is 2.51 bits per heavy atom. The summed E-state index contributed by atoms with van der Waals surface area (Å²) in [5, 5.41) is 3.83. The lowest BCUT2D eigenvalue weighted by Crippen LogP contribution is -2.53. The van der Waals surface area contributed by atoms with Crippen LogP contribution < -0.4 is 11.1 Å². The van der Waals surface area contributed by atoms with Gasteiger partial charge in [0.05, 0.1) is 30.6 Å². The minimum atomic E-state index is -0.873. The van der Waals surface area contributed by atoms with Crippen molar-refractivity contribution < 1.29 is 23.9 Å². The van der Waals surface area contributed by atoms with Gasteiger partial charge in [0.15, 0.2) is 0 Å². The number of rotatable bonds is 14. The minimum Gasteiger partial charge on any atom is -0.381 e. The average Bonchev–Trinajstić information content (AvgIpc) is 3.58. The van der Waals surface area contributed by atoms with Crippen LogP contribution in [0.2, 0.25) is 0 Å². The SMILES string of the molecule is CCC(C)[C@H](C)C(CC(=O)N1CCCC1C(OC)C(C)C(=O)N[C@@H](Cc1c[nH]c2ccccc12)C(N)=O)OC. The second kappa shape index (κ2) is 13.9. The van der Waals surface area contributed by atoms with E-state index in [9.17, 15) is 14.4 Å². The molecule has 5 unspecified atom stereocenters. The maximum absolute atomic E-state index is 13.4. The Labute approximate surface area is 232 Å². The number of para-hydroxylation sites is 1. The summed E-state index contributed by atoms with van der Waals surface area (Å²) in [6, 6.07) is 6.67. The van der Waals surface area contributed by atoms with E-state index < -0.39 is 24.0 Å². The van der Waals surface area contributed by atoms with Crippen LogP contribution in [0.25, 0.3) is 10.9 Å². The number of methoxy groups -OCH3 is 2. The predicted molar refractivity (Wildman–Crippen MR) is 152 cm³/mol. The molecule has 2 heterocycles. The van der Waals surface area contributed by atoms with Gasteiger partial charge in [0.25, 0.3) is 0 Å². The second-order valence-electron chi connectivity index (χ2n) is 11.0. The van der Waals surface area contributed by atoms with Crippen molar-refractivity contribution in [3.8, 4) is 0 Å². The number of carbonyl (C=O) groups is 3. The van der Waals surface area contributed by atoms with Gasteiger partial charge in [-0.05, 0) is 36.3 Å². The molecule has 39 heavy (non-hydrogen) atoms. The summed E-state index contributed by atoms with van der Waals surface area (Å²) >= 11 is 0. The number of hydrogen-bond donors (Lipinski definition) is 3. The number of fused-ring (bicyclic) bond motifs is 1. The zero-order chi connectivity index (χ0) is 28.7. The van der Waals surface area contributed by atoms with Gasteiger partial charge in [-0.2, -0.15) is 0 Å². The van der Waals surface area contributed by atoms with Gasteiger partial charge in [-0.1, -0.05) is 52.3 Å². The fourth-order valence-corrected chi connectivity index (χ4v) is 5.85. The Morgan fingerprint density at radius 1 is 1.15 bits per heavy atom. The highest BCUT2D eigenvalue weighted by molar-refractivity contribution is 5.89. The van der Waals surface area contributed by atoms with Gasteiger partial charge in [-0.25, -0.2) is 0 Å². The maximum Gasteiger partial charge on any atom is 0.240 e. The summed E-state index contributed by atoms with van der Waals surface area (Å²) in [6.07, 6.45) is 4.32. The second-order valence-corrected chi connectivity index (χ2v) is 11.0. The van der Waals surface area contributed by atoms with Crippen molar-refractivity contribution in [2.75, 3.05) is 20.8 Å². The number of benzene rings is 1. The van der Waals surface area contributed by atoms with Gasteiger partial charge in [0, 0.05) is 44.3 Å². The molecule has 9 heteroatoms. The molecular weight excluding hydrogens is 496 g/mol. The zero-order valence-corrected chi connectivity index (χ0v) is 24.2. The third-order valence-electron chi connectivity index (χ3n) is 8.74. The fourth-order valence-electron chi connectivity index (χ4n) is 5.85. The molecular formula is C30H46N4O5. The van der Waals surface area contributed by atoms with Gasteiger partial charge in [-0.3, -0.25) is 14.4 Å². The Balaban J connectivity index is 1.69. The number of nitrogens with zero attached hydrogens (tertiary/aromatic N) is 1. The third kappa shape index (κ3) is 7.19. The Kier molecular flexibility index (Phi) is 10.9. The number of primary amides is 1. The summed E-state index contributed by atoms with van der Waals surface area (Å²) in [6.45, 7) is 8.85. The van der Waals surface area contributed by atoms with E-state index >= 15 is 0 Å². The highest BCUT2D eigenvalue weighted by Crippen LogP contribution is 2.29. The molecule has 3 amide bonds. The van der Waals surface area contributed by atoms with Crippen molar-refractivity contribution in [1.82, 2.24) is 15.2 Å². The summed E-state index contributed by atoms with van der Waals surface area (Å²) in [4.78, 5) is 44.2. The van der Waals surface area contributed by atoms with E-state index in [0.717, 1.165) is 35.7 Å². The van der Waals surface area contributed by atoms with Crippen molar-refractivity contribution in [3.05, 3.63) is 36.0 Å². The molecule has 216 valence electrons. The van der Waals surface area contributed by atoms with E-state index in [4.69, 9.17) is 15.2 Å². The van der Waals surface area contributed by atoms with E-state index in [1.54, 1.807) is 21.1 Å². The molecule has 1 saturated heterocycles. The van der Waals surface area contributed by atoms with Crippen molar-refractivity contribution in [2.45, 2.75) is 84.1 Å². The number of nitrogens with two attached hydrogens (primary N) is 1. The van der Waals surface area contributed by atoms with Crippen molar-refractivity contribution >= 4 is 28.6 Å². The summed E-state index contributed by atoms with van der Waals surface area (Å²) in [5.41, 5.74) is 7.55. The van der Waals surface area contributed by atoms with Crippen LogP contribution in [0.4, 0.5) is 0 Å². The van der Waals surface area contributed by atoms with E-state index in [1.807, 2.05) is 35.4 Å². The van der Waals surface area contributed by atoms with E-state index in [0.29, 0.717) is 18.9 Å². The Morgan fingerprint density at radius 2 is 1.87 bits per heavy atom. The Hall–Kier alpha value is -2.91. The molecule has 0 aliphatic carbocycles. The molecule has 1 fully saturated rings. The molecule has 1 aromatic carbocycles. The fraction of sp³-hybridized carbons (Fsp3) is 0.633. The van der Waals surface area contributed by atoms with E-state index in [1.165, 1.54) is 0 Å². The first kappa shape index (κ1) is 30.6. The lowest BCUT2D eigenvalue weighted by Gasteiger charge is -2.35. The van der Waals surface area contributed by atoms with Crippen molar-refractivity contribution in [2.24, 2.45) is 23.5 Å². The minimum absolute atomic E-state index is 0.0171. The number of H-pyrrole nitrogens is 1. The van der Waals surface area contributed by atoms with Crippen LogP contribution in [0.1, 0.15) is 58.9 Å². The number of carbonyl (C=O) groups excluding carboxylic acids is 3. The quantitative estimate of drug-likeness (QED) is 0.337. The lowest BCUT2D eigenvalue weighted by molar-refractivity contribution is -0.143. The molecule has 0 radical (unpaired) electrons. The molecule has 2 aromatic rings. The smallest absolute Gasteiger partial charge is 0.240 e. The molecule has 1 aromatic heterocycles. The molecule has 3 rings (SSSR count). The van der Waals surface area contributed by atoms with Crippen LogP contribution in [0.3, 0.4) is 0 Å². The van der Waals surface area contributed by atoms with E-state index in [-0.39, 0.29) is 36.3 Å². The van der Waals surface area contributed by atoms with Crippen LogP contribution in [0, 0.1) is 17.8 Å². The maximum atomic E-state index is 13.4.